The predicted octanol–water partition coefficient (Wildman–Crippen LogP) is 4.17. The van der Waals surface area contributed by atoms with E-state index in [1.165, 1.54) is 5.56 Å². The van der Waals surface area contributed by atoms with Crippen LogP contribution in [0.2, 0.25) is 0 Å². The molecule has 0 bridgehead atoms. The number of hydrogen-bond acceptors (Lipinski definition) is 2. The molecule has 1 unspecified atom stereocenters. The van der Waals surface area contributed by atoms with Gasteiger partial charge in [-0.15, -0.1) is 24.0 Å². The zero-order valence-electron chi connectivity index (χ0n) is 13.9. The molecule has 2 rings (SSSR count). The zero-order valence-corrected chi connectivity index (χ0v) is 17.1. The highest BCUT2D eigenvalue weighted by Gasteiger charge is 2.53. The third-order valence-corrected chi connectivity index (χ3v) is 5.73. The van der Waals surface area contributed by atoms with E-state index >= 15 is 0 Å². The molecule has 1 aromatic heterocycles. The highest BCUT2D eigenvalue weighted by Crippen LogP contribution is 2.46. The van der Waals surface area contributed by atoms with Gasteiger partial charge in [0.1, 0.15) is 0 Å². The summed E-state index contributed by atoms with van der Waals surface area (Å²) in [5.41, 5.74) is 1.89. The maximum Gasteiger partial charge on any atom is 0.194 e. The summed E-state index contributed by atoms with van der Waals surface area (Å²) in [6.07, 6.45) is 0. The number of rotatable bonds is 3. The van der Waals surface area contributed by atoms with Crippen molar-refractivity contribution in [2.24, 2.45) is 10.4 Å². The van der Waals surface area contributed by atoms with Crippen molar-refractivity contribution in [1.82, 2.24) is 10.2 Å². The third kappa shape index (κ3) is 3.55. The van der Waals surface area contributed by atoms with Gasteiger partial charge in [0.05, 0.1) is 0 Å². The SMILES string of the molecule is CN=C(NCC(C)c1ccsc1)N1CC(C)(C)C1(C)C.I. The molecular weight excluding hydrogens is 393 g/mol. The summed E-state index contributed by atoms with van der Waals surface area (Å²) in [6.45, 7) is 13.5. The average molecular weight is 421 g/mol. The standard InChI is InChI=1S/C16H27N3S.HI/c1-12(13-7-8-20-10-13)9-18-14(17-6)19-11-15(2,3)16(19,4)5;/h7-8,10,12H,9,11H2,1-6H3,(H,17,18);1H. The van der Waals surface area contributed by atoms with Crippen LogP contribution in [-0.2, 0) is 0 Å². The third-order valence-electron chi connectivity index (χ3n) is 5.03. The molecule has 0 amide bonds. The first-order valence-corrected chi connectivity index (χ1v) is 8.24. The summed E-state index contributed by atoms with van der Waals surface area (Å²) in [5, 5.41) is 7.90. The molecule has 0 radical (unpaired) electrons. The highest BCUT2D eigenvalue weighted by atomic mass is 127. The van der Waals surface area contributed by atoms with Crippen molar-refractivity contribution in [1.29, 1.82) is 0 Å². The number of halogens is 1. The Kier molecular flexibility index (Phi) is 6.12. The van der Waals surface area contributed by atoms with Gasteiger partial charge in [0.15, 0.2) is 5.96 Å². The van der Waals surface area contributed by atoms with E-state index in [9.17, 15) is 0 Å². The molecule has 120 valence electrons. The van der Waals surface area contributed by atoms with Crippen molar-refractivity contribution >= 4 is 41.3 Å². The minimum atomic E-state index is 0. The topological polar surface area (TPSA) is 27.6 Å². The lowest BCUT2D eigenvalue weighted by atomic mass is 9.65. The molecule has 1 saturated heterocycles. The predicted molar refractivity (Wildman–Crippen MR) is 104 cm³/mol. The Bertz CT molecular complexity index is 480. The van der Waals surface area contributed by atoms with Crippen molar-refractivity contribution in [2.45, 2.75) is 46.1 Å². The Morgan fingerprint density at radius 3 is 2.52 bits per heavy atom. The summed E-state index contributed by atoms with van der Waals surface area (Å²) in [5.74, 6) is 1.53. The largest absolute Gasteiger partial charge is 0.356 e. The second kappa shape index (κ2) is 6.86. The van der Waals surface area contributed by atoms with Gasteiger partial charge >= 0.3 is 0 Å². The van der Waals surface area contributed by atoms with Crippen molar-refractivity contribution in [2.75, 3.05) is 20.1 Å². The van der Waals surface area contributed by atoms with E-state index in [0.717, 1.165) is 19.0 Å². The van der Waals surface area contributed by atoms with Crippen LogP contribution in [0.4, 0.5) is 0 Å². The van der Waals surface area contributed by atoms with Crippen molar-refractivity contribution in [3.63, 3.8) is 0 Å². The van der Waals surface area contributed by atoms with Gasteiger partial charge in [-0.25, -0.2) is 0 Å². The fourth-order valence-electron chi connectivity index (χ4n) is 2.61. The molecular formula is C16H28IN3S. The van der Waals surface area contributed by atoms with Gasteiger partial charge in [-0.05, 0) is 42.2 Å². The van der Waals surface area contributed by atoms with Gasteiger partial charge in [-0.1, -0.05) is 20.8 Å². The molecule has 1 fully saturated rings. The maximum absolute atomic E-state index is 4.46. The molecule has 1 atom stereocenters. The number of likely N-dealkylation sites (tertiary alicyclic amines) is 1. The van der Waals surface area contributed by atoms with Crippen molar-refractivity contribution in [3.05, 3.63) is 22.4 Å². The molecule has 0 aliphatic carbocycles. The van der Waals surface area contributed by atoms with Gasteiger partial charge in [0.25, 0.3) is 0 Å². The van der Waals surface area contributed by atoms with Crippen LogP contribution in [0.5, 0.6) is 0 Å². The zero-order chi connectivity index (χ0) is 15.0. The van der Waals surface area contributed by atoms with E-state index in [1.54, 1.807) is 11.3 Å². The number of nitrogens with one attached hydrogen (secondary N) is 1. The molecule has 0 saturated carbocycles. The second-order valence-corrected chi connectivity index (χ2v) is 7.69. The first-order valence-electron chi connectivity index (χ1n) is 7.30. The fraction of sp³-hybridized carbons (Fsp3) is 0.688. The van der Waals surface area contributed by atoms with Crippen LogP contribution in [0.1, 0.15) is 46.1 Å². The molecule has 5 heteroatoms. The van der Waals surface area contributed by atoms with Gasteiger partial charge in [0, 0.05) is 31.1 Å². The van der Waals surface area contributed by atoms with E-state index in [4.69, 9.17) is 0 Å². The minimum absolute atomic E-state index is 0. The lowest BCUT2D eigenvalue weighted by Gasteiger charge is -2.62. The second-order valence-electron chi connectivity index (χ2n) is 6.91. The van der Waals surface area contributed by atoms with Crippen LogP contribution < -0.4 is 5.32 Å². The van der Waals surface area contributed by atoms with Crippen LogP contribution in [-0.4, -0.2) is 36.5 Å². The number of thiophene rings is 1. The van der Waals surface area contributed by atoms with Gasteiger partial charge in [-0.3, -0.25) is 4.99 Å². The van der Waals surface area contributed by atoms with Gasteiger partial charge in [0.2, 0.25) is 0 Å². The van der Waals surface area contributed by atoms with Crippen LogP contribution in [0.15, 0.2) is 21.8 Å². The number of aliphatic imine (C=N–C) groups is 1. The first-order chi connectivity index (χ1) is 9.29. The Balaban J connectivity index is 0.00000220. The minimum Gasteiger partial charge on any atom is -0.356 e. The molecule has 21 heavy (non-hydrogen) atoms. The highest BCUT2D eigenvalue weighted by molar-refractivity contribution is 14.0. The fourth-order valence-corrected chi connectivity index (χ4v) is 3.40. The molecule has 1 aliphatic rings. The molecule has 3 nitrogen and oxygen atoms in total. The van der Waals surface area contributed by atoms with Crippen LogP contribution in [0.3, 0.4) is 0 Å². The molecule has 0 aromatic carbocycles. The summed E-state index contributed by atoms with van der Waals surface area (Å²) in [4.78, 5) is 6.84. The quantitative estimate of drug-likeness (QED) is 0.451. The molecule has 1 N–H and O–H groups in total. The Hall–Kier alpha value is -0.300. The molecule has 2 heterocycles. The van der Waals surface area contributed by atoms with E-state index in [2.05, 4.69) is 66.7 Å². The summed E-state index contributed by atoms with van der Waals surface area (Å²) in [7, 11) is 1.87. The van der Waals surface area contributed by atoms with Crippen molar-refractivity contribution < 1.29 is 0 Å². The summed E-state index contributed by atoms with van der Waals surface area (Å²) >= 11 is 1.76. The monoisotopic (exact) mass is 421 g/mol. The molecule has 1 aromatic rings. The van der Waals surface area contributed by atoms with E-state index in [0.29, 0.717) is 11.3 Å². The number of guanidine groups is 1. The van der Waals surface area contributed by atoms with Crippen LogP contribution >= 0.6 is 35.3 Å². The first kappa shape index (κ1) is 18.7. The van der Waals surface area contributed by atoms with E-state index < -0.39 is 0 Å². The Labute approximate surface area is 150 Å². The van der Waals surface area contributed by atoms with Crippen LogP contribution in [0, 0.1) is 5.41 Å². The van der Waals surface area contributed by atoms with E-state index in [1.807, 2.05) is 7.05 Å². The Morgan fingerprint density at radius 1 is 1.43 bits per heavy atom. The summed E-state index contributed by atoms with van der Waals surface area (Å²) in [6, 6.07) is 2.20. The van der Waals surface area contributed by atoms with Gasteiger partial charge in [-0.2, -0.15) is 11.3 Å². The Morgan fingerprint density at radius 2 is 2.10 bits per heavy atom. The number of hydrogen-bond donors (Lipinski definition) is 1. The normalized spacial score (nSPS) is 21.2. The van der Waals surface area contributed by atoms with Crippen molar-refractivity contribution in [3.8, 4) is 0 Å². The van der Waals surface area contributed by atoms with Gasteiger partial charge < -0.3 is 10.2 Å². The molecule has 1 aliphatic heterocycles. The average Bonchev–Trinajstić information content (AvgIpc) is 2.91. The lowest BCUT2D eigenvalue weighted by Crippen LogP contribution is -2.72. The number of nitrogens with zero attached hydrogens (tertiary/aromatic N) is 2. The smallest absolute Gasteiger partial charge is 0.194 e. The lowest BCUT2D eigenvalue weighted by molar-refractivity contribution is -0.0667. The van der Waals surface area contributed by atoms with Crippen LogP contribution in [0.25, 0.3) is 0 Å². The maximum atomic E-state index is 4.46. The molecule has 0 spiro atoms. The summed E-state index contributed by atoms with van der Waals surface area (Å²) < 4.78 is 0. The van der Waals surface area contributed by atoms with E-state index in [-0.39, 0.29) is 29.5 Å².